The molecule has 0 amide bonds. The molecule has 0 fully saturated rings. The number of alkyl halides is 1. The van der Waals surface area contributed by atoms with Gasteiger partial charge in [0, 0.05) is 5.88 Å². The molecular weight excluding hydrogens is 228 g/mol. The number of hydrogen-bond acceptors (Lipinski definition) is 0. The Kier molecular flexibility index (Phi) is 16.1. The lowest BCUT2D eigenvalue weighted by Gasteiger charge is -1.98. The van der Waals surface area contributed by atoms with E-state index in [0.29, 0.717) is 0 Å². The molecule has 0 spiro atoms. The molecule has 1 heteroatoms. The quantitative estimate of drug-likeness (QED) is 0.201. The van der Waals surface area contributed by atoms with Crippen molar-refractivity contribution in [3.63, 3.8) is 0 Å². The van der Waals surface area contributed by atoms with Gasteiger partial charge < -0.3 is 0 Å². The summed E-state index contributed by atoms with van der Waals surface area (Å²) in [4.78, 5) is 0. The maximum Gasteiger partial charge on any atom is 0.0223 e. The van der Waals surface area contributed by atoms with Gasteiger partial charge in [-0.15, -0.1) is 11.6 Å². The Balaban J connectivity index is 2.99. The van der Waals surface area contributed by atoms with Crippen molar-refractivity contribution in [3.8, 4) is 0 Å². The molecule has 0 bridgehead atoms. The van der Waals surface area contributed by atoms with Crippen LogP contribution < -0.4 is 0 Å². The summed E-state index contributed by atoms with van der Waals surface area (Å²) in [5.74, 6) is 0.834. The van der Waals surface area contributed by atoms with Gasteiger partial charge in [0.25, 0.3) is 0 Å². The van der Waals surface area contributed by atoms with Crippen LogP contribution in [0, 0.1) is 0 Å². The molecule has 0 heterocycles. The monoisotopic (exact) mass is 258 g/mol. The minimum absolute atomic E-state index is 0.834. The molecule has 17 heavy (non-hydrogen) atoms. The second kappa shape index (κ2) is 16.0. The Hall–Kier alpha value is 0.0300. The van der Waals surface area contributed by atoms with Crippen LogP contribution in [0.15, 0.2) is 12.2 Å². The summed E-state index contributed by atoms with van der Waals surface area (Å²) in [6.45, 7) is 2.27. The van der Waals surface area contributed by atoms with Gasteiger partial charge in [-0.1, -0.05) is 64.0 Å². The zero-order valence-corrected chi connectivity index (χ0v) is 12.5. The summed E-state index contributed by atoms with van der Waals surface area (Å²) in [6.07, 6.45) is 20.9. The van der Waals surface area contributed by atoms with Crippen molar-refractivity contribution in [1.29, 1.82) is 0 Å². The smallest absolute Gasteiger partial charge is 0.0223 e. The summed E-state index contributed by atoms with van der Waals surface area (Å²) in [5.41, 5.74) is 0. The van der Waals surface area contributed by atoms with Crippen LogP contribution in [0.5, 0.6) is 0 Å². The maximum atomic E-state index is 5.64. The highest BCUT2D eigenvalue weighted by Crippen LogP contribution is 2.09. The van der Waals surface area contributed by atoms with Gasteiger partial charge in [0.05, 0.1) is 0 Å². The topological polar surface area (TPSA) is 0 Å². The number of hydrogen-bond donors (Lipinski definition) is 0. The van der Waals surface area contributed by atoms with E-state index in [1.165, 1.54) is 77.0 Å². The highest BCUT2D eigenvalue weighted by Gasteiger charge is 1.89. The average Bonchev–Trinajstić information content (AvgIpc) is 2.35. The molecule has 0 aliphatic carbocycles. The van der Waals surface area contributed by atoms with E-state index in [4.69, 9.17) is 11.6 Å². The van der Waals surface area contributed by atoms with Crippen LogP contribution in [-0.4, -0.2) is 5.88 Å². The fourth-order valence-corrected chi connectivity index (χ4v) is 2.18. The first kappa shape index (κ1) is 17.0. The first-order chi connectivity index (χ1) is 8.41. The lowest BCUT2D eigenvalue weighted by molar-refractivity contribution is 0.612. The van der Waals surface area contributed by atoms with Crippen molar-refractivity contribution in [2.45, 2.75) is 84.0 Å². The molecule has 0 aromatic heterocycles. The van der Waals surface area contributed by atoms with Crippen molar-refractivity contribution in [1.82, 2.24) is 0 Å². The Morgan fingerprint density at radius 2 is 1.12 bits per heavy atom. The minimum atomic E-state index is 0.834. The van der Waals surface area contributed by atoms with Gasteiger partial charge in [-0.05, 0) is 32.1 Å². The molecule has 0 atom stereocenters. The zero-order chi connectivity index (χ0) is 12.6. The molecule has 0 aliphatic rings. The molecule has 0 aromatic rings. The van der Waals surface area contributed by atoms with E-state index in [9.17, 15) is 0 Å². The van der Waals surface area contributed by atoms with Crippen molar-refractivity contribution in [3.05, 3.63) is 12.2 Å². The van der Waals surface area contributed by atoms with Crippen LogP contribution in [-0.2, 0) is 0 Å². The van der Waals surface area contributed by atoms with Crippen LogP contribution in [0.25, 0.3) is 0 Å². The fourth-order valence-electron chi connectivity index (χ4n) is 1.99. The molecule has 0 saturated carbocycles. The van der Waals surface area contributed by atoms with E-state index < -0.39 is 0 Å². The van der Waals surface area contributed by atoms with E-state index >= 15 is 0 Å². The van der Waals surface area contributed by atoms with E-state index in [1.54, 1.807) is 0 Å². The van der Waals surface area contributed by atoms with Crippen molar-refractivity contribution < 1.29 is 0 Å². The van der Waals surface area contributed by atoms with E-state index in [-0.39, 0.29) is 0 Å². The summed E-state index contributed by atoms with van der Waals surface area (Å²) < 4.78 is 0. The third-order valence-corrected chi connectivity index (χ3v) is 3.41. The lowest BCUT2D eigenvalue weighted by Crippen LogP contribution is -1.80. The van der Waals surface area contributed by atoms with Gasteiger partial charge in [-0.3, -0.25) is 0 Å². The third kappa shape index (κ3) is 16.0. The molecule has 0 radical (unpaired) electrons. The molecule has 0 aromatic carbocycles. The van der Waals surface area contributed by atoms with Crippen LogP contribution in [0.4, 0.5) is 0 Å². The van der Waals surface area contributed by atoms with Gasteiger partial charge in [0.1, 0.15) is 0 Å². The van der Waals surface area contributed by atoms with Crippen LogP contribution in [0.3, 0.4) is 0 Å². The fraction of sp³-hybridized carbons (Fsp3) is 0.875. The highest BCUT2D eigenvalue weighted by molar-refractivity contribution is 6.17. The third-order valence-electron chi connectivity index (χ3n) is 3.15. The number of halogens is 1. The number of unbranched alkanes of at least 4 members (excludes halogenated alkanes) is 10. The average molecular weight is 259 g/mol. The second-order valence-corrected chi connectivity index (χ2v) is 5.30. The van der Waals surface area contributed by atoms with Gasteiger partial charge in [0.15, 0.2) is 0 Å². The molecule has 0 N–H and O–H groups in total. The van der Waals surface area contributed by atoms with Gasteiger partial charge in [-0.2, -0.15) is 0 Å². The Labute approximate surface area is 114 Å². The van der Waals surface area contributed by atoms with Crippen molar-refractivity contribution in [2.24, 2.45) is 0 Å². The summed E-state index contributed by atoms with van der Waals surface area (Å²) >= 11 is 5.64. The first-order valence-corrected chi connectivity index (χ1v) is 8.16. The van der Waals surface area contributed by atoms with Crippen LogP contribution in [0.1, 0.15) is 84.0 Å². The lowest BCUT2D eigenvalue weighted by atomic mass is 10.1. The SMILES string of the molecule is CCCCCC/C=C/CCCCCCCCCl. The van der Waals surface area contributed by atoms with E-state index in [0.717, 1.165) is 5.88 Å². The Bertz CT molecular complexity index is 152. The minimum Gasteiger partial charge on any atom is -0.127 e. The van der Waals surface area contributed by atoms with Crippen LogP contribution >= 0.6 is 11.6 Å². The van der Waals surface area contributed by atoms with Crippen molar-refractivity contribution in [2.75, 3.05) is 5.88 Å². The maximum absolute atomic E-state index is 5.64. The zero-order valence-electron chi connectivity index (χ0n) is 11.7. The van der Waals surface area contributed by atoms with E-state index in [1.807, 2.05) is 0 Å². The number of allylic oxidation sites excluding steroid dienone is 2. The largest absolute Gasteiger partial charge is 0.127 e. The predicted octanol–water partition coefficient (Wildman–Crippen LogP) is 6.48. The van der Waals surface area contributed by atoms with Gasteiger partial charge in [0.2, 0.25) is 0 Å². The normalized spacial score (nSPS) is 11.4. The summed E-state index contributed by atoms with van der Waals surface area (Å²) in [6, 6.07) is 0. The summed E-state index contributed by atoms with van der Waals surface area (Å²) in [7, 11) is 0. The Morgan fingerprint density at radius 1 is 0.647 bits per heavy atom. The molecule has 0 rings (SSSR count). The highest BCUT2D eigenvalue weighted by atomic mass is 35.5. The van der Waals surface area contributed by atoms with Crippen molar-refractivity contribution >= 4 is 11.6 Å². The Morgan fingerprint density at radius 3 is 1.65 bits per heavy atom. The molecular formula is C16H31Cl. The predicted molar refractivity (Wildman–Crippen MR) is 80.9 cm³/mol. The molecule has 0 nitrogen and oxygen atoms in total. The first-order valence-electron chi connectivity index (χ1n) is 7.62. The van der Waals surface area contributed by atoms with Crippen LogP contribution in [0.2, 0.25) is 0 Å². The summed E-state index contributed by atoms with van der Waals surface area (Å²) in [5, 5.41) is 0. The standard InChI is InChI=1S/C16H31Cl/c1-2-3-4-5-6-7-8-9-10-11-12-13-14-15-16-17/h7-8H,2-6,9-16H2,1H3/b8-7+. The molecule has 0 saturated heterocycles. The molecule has 0 unspecified atom stereocenters. The molecule has 0 aliphatic heterocycles. The molecule has 102 valence electrons. The second-order valence-electron chi connectivity index (χ2n) is 4.92. The van der Waals surface area contributed by atoms with E-state index in [2.05, 4.69) is 19.1 Å². The van der Waals surface area contributed by atoms with Gasteiger partial charge >= 0.3 is 0 Å². The van der Waals surface area contributed by atoms with Gasteiger partial charge in [-0.25, -0.2) is 0 Å². The number of rotatable bonds is 13.